The average molecular weight is 393 g/mol. The van der Waals surface area contributed by atoms with Crippen LogP contribution in [0, 0.1) is 5.92 Å². The highest BCUT2D eigenvalue weighted by atomic mass is 35.5. The number of piperidine rings is 1. The number of benzene rings is 1. The van der Waals surface area contributed by atoms with Crippen molar-refractivity contribution >= 4 is 18.3 Å². The molecule has 0 radical (unpaired) electrons. The molecular formula is C20H29ClN4O2. The second-order valence-electron chi connectivity index (χ2n) is 6.76. The molecule has 0 bridgehead atoms. The van der Waals surface area contributed by atoms with Crippen LogP contribution in [0.15, 0.2) is 36.5 Å². The first-order valence-corrected chi connectivity index (χ1v) is 9.44. The van der Waals surface area contributed by atoms with Gasteiger partial charge in [-0.2, -0.15) is 5.10 Å². The van der Waals surface area contributed by atoms with Gasteiger partial charge in [0, 0.05) is 13.1 Å². The van der Waals surface area contributed by atoms with E-state index in [1.165, 1.54) is 0 Å². The molecule has 27 heavy (non-hydrogen) atoms. The molecule has 6 nitrogen and oxygen atoms in total. The van der Waals surface area contributed by atoms with Crippen molar-refractivity contribution in [3.63, 3.8) is 0 Å². The van der Waals surface area contributed by atoms with Gasteiger partial charge >= 0.3 is 0 Å². The van der Waals surface area contributed by atoms with E-state index < -0.39 is 0 Å². The van der Waals surface area contributed by atoms with Gasteiger partial charge in [-0.15, -0.1) is 12.4 Å². The molecule has 0 atom stereocenters. The molecule has 1 aliphatic heterocycles. The van der Waals surface area contributed by atoms with Gasteiger partial charge in [0.25, 0.3) is 5.91 Å². The molecule has 7 heteroatoms. The number of aromatic nitrogens is 2. The molecule has 3 rings (SSSR count). The number of rotatable bonds is 7. The molecule has 1 amide bonds. The summed E-state index contributed by atoms with van der Waals surface area (Å²) in [6, 6.07) is 9.81. The third-order valence-corrected chi connectivity index (χ3v) is 4.76. The first-order chi connectivity index (χ1) is 12.7. The predicted molar refractivity (Wildman–Crippen MR) is 109 cm³/mol. The van der Waals surface area contributed by atoms with E-state index >= 15 is 0 Å². The van der Waals surface area contributed by atoms with Crippen molar-refractivity contribution in [3.8, 4) is 11.4 Å². The minimum absolute atomic E-state index is 0. The Morgan fingerprint density at radius 3 is 2.59 bits per heavy atom. The number of para-hydroxylation sites is 1. The molecule has 0 unspecified atom stereocenters. The van der Waals surface area contributed by atoms with Gasteiger partial charge in [0.2, 0.25) is 0 Å². The summed E-state index contributed by atoms with van der Waals surface area (Å²) in [4.78, 5) is 15.0. The number of amides is 1. The summed E-state index contributed by atoms with van der Waals surface area (Å²) < 4.78 is 7.55. The van der Waals surface area contributed by atoms with Crippen molar-refractivity contribution in [1.29, 1.82) is 0 Å². The average Bonchev–Trinajstić information content (AvgIpc) is 3.11. The first kappa shape index (κ1) is 21.3. The van der Waals surface area contributed by atoms with E-state index in [1.807, 2.05) is 48.5 Å². The summed E-state index contributed by atoms with van der Waals surface area (Å²) in [6.07, 6.45) is 4.75. The smallest absolute Gasteiger partial charge is 0.278 e. The van der Waals surface area contributed by atoms with E-state index in [0.717, 1.165) is 44.6 Å². The lowest BCUT2D eigenvalue weighted by molar-refractivity contribution is 0.0680. The Morgan fingerprint density at radius 2 is 1.96 bits per heavy atom. The Labute approximate surface area is 167 Å². The van der Waals surface area contributed by atoms with Crippen LogP contribution in [0.4, 0.5) is 0 Å². The number of hydrogen-bond donors (Lipinski definition) is 1. The number of nitrogens with zero attached hydrogens (tertiary/aromatic N) is 3. The quantitative estimate of drug-likeness (QED) is 0.786. The molecule has 1 fully saturated rings. The molecule has 1 aliphatic rings. The number of ether oxygens (including phenoxy) is 1. The van der Waals surface area contributed by atoms with Crippen LogP contribution in [-0.4, -0.2) is 53.9 Å². The minimum atomic E-state index is -0.0336. The lowest BCUT2D eigenvalue weighted by Gasteiger charge is -2.31. The lowest BCUT2D eigenvalue weighted by atomic mass is 9.96. The topological polar surface area (TPSA) is 59.4 Å². The Morgan fingerprint density at radius 1 is 1.26 bits per heavy atom. The minimum Gasteiger partial charge on any atom is -0.489 e. The summed E-state index contributed by atoms with van der Waals surface area (Å²) in [6.45, 7) is 5.18. The number of carbonyl (C=O) groups excluding carboxylic acids is 1. The van der Waals surface area contributed by atoms with Gasteiger partial charge in [-0.3, -0.25) is 4.79 Å². The fourth-order valence-electron chi connectivity index (χ4n) is 3.32. The molecule has 148 valence electrons. The third-order valence-electron chi connectivity index (χ3n) is 4.76. The standard InChI is InChI=1S/C20H28N4O2.ClH/c1-3-13-26-18-15-24(17-7-5-4-6-8-17)22-19(18)20(25)23-11-9-16(10-12-23)14-21-2;/h4-8,15-16,21H,3,9-14H2,1-2H3;1H. The molecule has 0 spiro atoms. The van der Waals surface area contributed by atoms with Crippen LogP contribution in [-0.2, 0) is 0 Å². The SMILES string of the molecule is CCCOc1cn(-c2ccccc2)nc1C(=O)N1CCC(CNC)CC1.Cl. The molecule has 2 aromatic rings. The summed E-state index contributed by atoms with van der Waals surface area (Å²) in [5.41, 5.74) is 1.33. The van der Waals surface area contributed by atoms with Gasteiger partial charge in [0.15, 0.2) is 11.4 Å². The molecule has 0 aliphatic carbocycles. The highest BCUT2D eigenvalue weighted by Gasteiger charge is 2.28. The Balaban J connectivity index is 0.00000261. The number of nitrogens with one attached hydrogen (secondary N) is 1. The van der Waals surface area contributed by atoms with Gasteiger partial charge in [-0.25, -0.2) is 4.68 Å². The fourth-order valence-corrected chi connectivity index (χ4v) is 3.32. The molecule has 0 saturated carbocycles. The molecule has 1 N–H and O–H groups in total. The van der Waals surface area contributed by atoms with Crippen molar-refractivity contribution in [1.82, 2.24) is 20.0 Å². The van der Waals surface area contributed by atoms with Crippen LogP contribution < -0.4 is 10.1 Å². The van der Waals surface area contributed by atoms with Gasteiger partial charge in [-0.1, -0.05) is 25.1 Å². The molecule has 2 heterocycles. The van der Waals surface area contributed by atoms with E-state index in [0.29, 0.717) is 24.0 Å². The van der Waals surface area contributed by atoms with Crippen LogP contribution in [0.25, 0.3) is 5.69 Å². The van der Waals surface area contributed by atoms with E-state index in [9.17, 15) is 4.79 Å². The Hall–Kier alpha value is -2.05. The van der Waals surface area contributed by atoms with Crippen molar-refractivity contribution in [2.24, 2.45) is 5.92 Å². The van der Waals surface area contributed by atoms with E-state index in [-0.39, 0.29) is 18.3 Å². The van der Waals surface area contributed by atoms with Crippen LogP contribution in [0.5, 0.6) is 5.75 Å². The number of likely N-dealkylation sites (tertiary alicyclic amines) is 1. The summed E-state index contributed by atoms with van der Waals surface area (Å²) in [5, 5.41) is 7.78. The number of halogens is 1. The molecule has 1 saturated heterocycles. The van der Waals surface area contributed by atoms with E-state index in [2.05, 4.69) is 17.3 Å². The van der Waals surface area contributed by atoms with Crippen LogP contribution in [0.2, 0.25) is 0 Å². The predicted octanol–water partition coefficient (Wildman–Crippen LogP) is 3.15. The van der Waals surface area contributed by atoms with Gasteiger partial charge in [0.1, 0.15) is 0 Å². The van der Waals surface area contributed by atoms with Crippen LogP contribution in [0.3, 0.4) is 0 Å². The zero-order valence-corrected chi connectivity index (χ0v) is 16.9. The largest absolute Gasteiger partial charge is 0.489 e. The third kappa shape index (κ3) is 5.23. The maximum atomic E-state index is 13.0. The Bertz CT molecular complexity index is 712. The second-order valence-corrected chi connectivity index (χ2v) is 6.76. The molecule has 1 aromatic heterocycles. The van der Waals surface area contributed by atoms with Crippen molar-refractivity contribution in [2.45, 2.75) is 26.2 Å². The highest BCUT2D eigenvalue weighted by Crippen LogP contribution is 2.24. The van der Waals surface area contributed by atoms with Crippen molar-refractivity contribution < 1.29 is 9.53 Å². The zero-order valence-electron chi connectivity index (χ0n) is 16.1. The highest BCUT2D eigenvalue weighted by molar-refractivity contribution is 5.95. The van der Waals surface area contributed by atoms with Crippen molar-refractivity contribution in [2.75, 3.05) is 33.3 Å². The maximum absolute atomic E-state index is 13.0. The maximum Gasteiger partial charge on any atom is 0.278 e. The summed E-state index contributed by atoms with van der Waals surface area (Å²) >= 11 is 0. The molecular weight excluding hydrogens is 364 g/mol. The summed E-state index contributed by atoms with van der Waals surface area (Å²) in [7, 11) is 1.98. The second kappa shape index (κ2) is 10.3. The monoisotopic (exact) mass is 392 g/mol. The zero-order chi connectivity index (χ0) is 18.4. The van der Waals surface area contributed by atoms with Gasteiger partial charge < -0.3 is 15.0 Å². The summed E-state index contributed by atoms with van der Waals surface area (Å²) in [5.74, 6) is 1.17. The van der Waals surface area contributed by atoms with E-state index in [4.69, 9.17) is 4.74 Å². The number of carbonyl (C=O) groups is 1. The van der Waals surface area contributed by atoms with Crippen LogP contribution >= 0.6 is 12.4 Å². The van der Waals surface area contributed by atoms with E-state index in [1.54, 1.807) is 4.68 Å². The first-order valence-electron chi connectivity index (χ1n) is 9.44. The molecule has 1 aromatic carbocycles. The fraction of sp³-hybridized carbons (Fsp3) is 0.500. The Kier molecular flexibility index (Phi) is 8.13. The lowest BCUT2D eigenvalue weighted by Crippen LogP contribution is -2.40. The van der Waals surface area contributed by atoms with Crippen molar-refractivity contribution in [3.05, 3.63) is 42.2 Å². The normalized spacial score (nSPS) is 14.7. The van der Waals surface area contributed by atoms with Gasteiger partial charge in [0.05, 0.1) is 18.5 Å². The van der Waals surface area contributed by atoms with Crippen LogP contribution in [0.1, 0.15) is 36.7 Å². The number of hydrogen-bond acceptors (Lipinski definition) is 4. The van der Waals surface area contributed by atoms with Gasteiger partial charge in [-0.05, 0) is 50.9 Å².